The number of ether oxygens (including phenoxy) is 2. The molecule has 2 fully saturated rings. The van der Waals surface area contributed by atoms with Crippen LogP contribution in [0.4, 0.5) is 5.69 Å². The van der Waals surface area contributed by atoms with Crippen molar-refractivity contribution in [3.8, 4) is 22.2 Å². The molecular formula is C25H28N4O3S2. The predicted molar refractivity (Wildman–Crippen MR) is 133 cm³/mol. The van der Waals surface area contributed by atoms with Crippen molar-refractivity contribution < 1.29 is 14.3 Å². The van der Waals surface area contributed by atoms with Gasteiger partial charge in [-0.2, -0.15) is 0 Å². The number of thiophene rings is 1. The number of hydrogen-bond acceptors (Lipinski definition) is 7. The number of nitrogens with zero attached hydrogens (tertiary/aromatic N) is 3. The first-order chi connectivity index (χ1) is 16.6. The van der Waals surface area contributed by atoms with Crippen LogP contribution in [0.1, 0.15) is 45.6 Å². The smallest absolute Gasteiger partial charge is 0.237 e. The number of anilines is 1. The van der Waals surface area contributed by atoms with Crippen molar-refractivity contribution in [1.29, 1.82) is 0 Å². The monoisotopic (exact) mass is 496 g/mol. The summed E-state index contributed by atoms with van der Waals surface area (Å²) in [6, 6.07) is 9.90. The van der Waals surface area contributed by atoms with Crippen LogP contribution >= 0.6 is 23.1 Å². The van der Waals surface area contributed by atoms with Crippen molar-refractivity contribution in [3.05, 3.63) is 35.7 Å². The number of thioether (sulfide) groups is 1. The molecule has 1 aliphatic heterocycles. The molecule has 1 aromatic carbocycles. The number of nitrogens with one attached hydrogen (secondary N) is 1. The molecule has 9 heteroatoms. The summed E-state index contributed by atoms with van der Waals surface area (Å²) in [4.78, 5) is 14.2. The van der Waals surface area contributed by atoms with Gasteiger partial charge < -0.3 is 14.8 Å². The fourth-order valence-electron chi connectivity index (χ4n) is 5.80. The second-order valence-corrected chi connectivity index (χ2v) is 11.8. The van der Waals surface area contributed by atoms with E-state index in [2.05, 4.69) is 44.5 Å². The van der Waals surface area contributed by atoms with Crippen LogP contribution in [0.3, 0.4) is 0 Å². The lowest BCUT2D eigenvalue weighted by Gasteiger charge is -2.30. The van der Waals surface area contributed by atoms with Crippen LogP contribution in [0.25, 0.3) is 10.7 Å². The molecule has 1 N–H and O–H groups in total. The average Bonchev–Trinajstić information content (AvgIpc) is 3.65. The minimum absolute atomic E-state index is 0.0799. The van der Waals surface area contributed by atoms with E-state index >= 15 is 0 Å². The average molecular weight is 497 g/mol. The first-order valence-corrected chi connectivity index (χ1v) is 13.7. The highest BCUT2D eigenvalue weighted by Gasteiger charge is 2.43. The number of rotatable bonds is 7. The number of amides is 1. The summed E-state index contributed by atoms with van der Waals surface area (Å²) in [5.41, 5.74) is 0.692. The van der Waals surface area contributed by atoms with Gasteiger partial charge in [-0.05, 0) is 74.4 Å². The maximum absolute atomic E-state index is 13.0. The standard InChI is InChI=1S/C25H28N4O3S2/c1-14(19-11-16-5-6-17(19)10-16)29-23(22-4-3-9-33-22)27-28-25(29)34-15(2)24(30)26-18-7-8-20-21(12-18)32-13-31-20/h3-4,7-9,12,14-17,19H,5-6,10-11,13H2,1-2H3,(H,26,30). The molecule has 5 unspecified atom stereocenters. The number of fused-ring (bicyclic) bond motifs is 3. The van der Waals surface area contributed by atoms with Crippen molar-refractivity contribution >= 4 is 34.7 Å². The molecule has 2 aliphatic carbocycles. The minimum Gasteiger partial charge on any atom is -0.454 e. The van der Waals surface area contributed by atoms with E-state index in [9.17, 15) is 4.79 Å². The molecule has 3 heterocycles. The van der Waals surface area contributed by atoms with Crippen LogP contribution < -0.4 is 14.8 Å². The Morgan fingerprint density at radius 2 is 2.06 bits per heavy atom. The Morgan fingerprint density at radius 3 is 2.82 bits per heavy atom. The molecule has 2 saturated carbocycles. The fourth-order valence-corrected chi connectivity index (χ4v) is 7.45. The zero-order valence-corrected chi connectivity index (χ0v) is 20.9. The van der Waals surface area contributed by atoms with Crippen LogP contribution in [0.5, 0.6) is 11.5 Å². The van der Waals surface area contributed by atoms with Crippen molar-refractivity contribution in [2.75, 3.05) is 12.1 Å². The normalized spacial score (nSPS) is 24.4. The molecular weight excluding hydrogens is 468 g/mol. The molecule has 7 nitrogen and oxygen atoms in total. The summed E-state index contributed by atoms with van der Waals surface area (Å²) in [5.74, 6) is 4.50. The molecule has 178 valence electrons. The van der Waals surface area contributed by atoms with E-state index in [4.69, 9.17) is 9.47 Å². The highest BCUT2D eigenvalue weighted by atomic mass is 32.2. The van der Waals surface area contributed by atoms with Gasteiger partial charge >= 0.3 is 0 Å². The van der Waals surface area contributed by atoms with E-state index in [0.29, 0.717) is 29.1 Å². The maximum Gasteiger partial charge on any atom is 0.237 e. The summed E-state index contributed by atoms with van der Waals surface area (Å²) in [7, 11) is 0. The molecule has 2 bridgehead atoms. The van der Waals surface area contributed by atoms with Crippen LogP contribution in [0.2, 0.25) is 0 Å². The molecule has 5 atom stereocenters. The Labute approximate surface area is 207 Å². The zero-order valence-electron chi connectivity index (χ0n) is 19.3. The lowest BCUT2D eigenvalue weighted by molar-refractivity contribution is -0.115. The Balaban J connectivity index is 1.23. The topological polar surface area (TPSA) is 78.3 Å². The number of benzene rings is 1. The van der Waals surface area contributed by atoms with Crippen molar-refractivity contribution in [2.24, 2.45) is 17.8 Å². The molecule has 3 aliphatic rings. The Hall–Kier alpha value is -2.52. The van der Waals surface area contributed by atoms with E-state index in [0.717, 1.165) is 27.7 Å². The number of carbonyl (C=O) groups excluding carboxylic acids is 1. The number of hydrogen-bond donors (Lipinski definition) is 1. The van der Waals surface area contributed by atoms with E-state index in [1.165, 1.54) is 37.4 Å². The lowest BCUT2D eigenvalue weighted by atomic mass is 9.84. The Morgan fingerprint density at radius 1 is 1.18 bits per heavy atom. The van der Waals surface area contributed by atoms with Crippen molar-refractivity contribution in [3.63, 3.8) is 0 Å². The second kappa shape index (κ2) is 8.92. The lowest BCUT2D eigenvalue weighted by Crippen LogP contribution is -2.25. The number of aromatic nitrogens is 3. The third-order valence-corrected chi connectivity index (χ3v) is 9.44. The molecule has 0 spiro atoms. The molecule has 0 radical (unpaired) electrons. The fraction of sp³-hybridized carbons (Fsp3) is 0.480. The molecule has 34 heavy (non-hydrogen) atoms. The van der Waals surface area contributed by atoms with E-state index < -0.39 is 0 Å². The van der Waals surface area contributed by atoms with Gasteiger partial charge in [-0.15, -0.1) is 21.5 Å². The summed E-state index contributed by atoms with van der Waals surface area (Å²) in [6.07, 6.45) is 5.37. The third-order valence-electron chi connectivity index (χ3n) is 7.52. The largest absolute Gasteiger partial charge is 0.454 e. The van der Waals surface area contributed by atoms with Gasteiger partial charge in [0, 0.05) is 17.8 Å². The van der Waals surface area contributed by atoms with Gasteiger partial charge in [0.25, 0.3) is 0 Å². The number of carbonyl (C=O) groups is 1. The zero-order chi connectivity index (χ0) is 23.2. The van der Waals surface area contributed by atoms with Crippen LogP contribution in [-0.2, 0) is 4.79 Å². The van der Waals surface area contributed by atoms with Gasteiger partial charge in [0.2, 0.25) is 12.7 Å². The van der Waals surface area contributed by atoms with Gasteiger partial charge in [-0.3, -0.25) is 9.36 Å². The van der Waals surface area contributed by atoms with Gasteiger partial charge in [-0.1, -0.05) is 24.2 Å². The summed E-state index contributed by atoms with van der Waals surface area (Å²) in [6.45, 7) is 4.44. The Kier molecular flexibility index (Phi) is 5.77. The summed E-state index contributed by atoms with van der Waals surface area (Å²) in [5, 5.41) is 14.7. The molecule has 3 aromatic rings. The molecule has 1 amide bonds. The predicted octanol–water partition coefficient (Wildman–Crippen LogP) is 5.85. The van der Waals surface area contributed by atoms with Crippen molar-refractivity contribution in [1.82, 2.24) is 14.8 Å². The summed E-state index contributed by atoms with van der Waals surface area (Å²) < 4.78 is 13.1. The van der Waals surface area contributed by atoms with Gasteiger partial charge in [0.1, 0.15) is 0 Å². The SMILES string of the molecule is CC(Sc1nnc(-c2cccs2)n1C(C)C1CC2CCC1C2)C(=O)Nc1ccc2c(c1)OCO2. The van der Waals surface area contributed by atoms with Crippen molar-refractivity contribution in [2.45, 2.75) is 56.0 Å². The first kappa shape index (κ1) is 22.0. The maximum atomic E-state index is 13.0. The van der Waals surface area contributed by atoms with Crippen LogP contribution in [-0.4, -0.2) is 32.7 Å². The highest BCUT2D eigenvalue weighted by molar-refractivity contribution is 8.00. The van der Waals surface area contributed by atoms with E-state index in [-0.39, 0.29) is 18.0 Å². The van der Waals surface area contributed by atoms with Crippen LogP contribution in [0.15, 0.2) is 40.9 Å². The van der Waals surface area contributed by atoms with E-state index in [1.807, 2.05) is 19.1 Å². The summed E-state index contributed by atoms with van der Waals surface area (Å²) >= 11 is 3.16. The molecule has 2 aromatic heterocycles. The van der Waals surface area contributed by atoms with Gasteiger partial charge in [-0.25, -0.2) is 0 Å². The van der Waals surface area contributed by atoms with E-state index in [1.54, 1.807) is 17.4 Å². The Bertz CT molecular complexity index is 1190. The van der Waals surface area contributed by atoms with Gasteiger partial charge in [0.05, 0.1) is 10.1 Å². The first-order valence-electron chi connectivity index (χ1n) is 11.9. The highest BCUT2D eigenvalue weighted by Crippen LogP contribution is 2.53. The van der Waals surface area contributed by atoms with Gasteiger partial charge in [0.15, 0.2) is 22.5 Å². The minimum atomic E-state index is -0.336. The molecule has 6 rings (SSSR count). The quantitative estimate of drug-likeness (QED) is 0.413. The molecule has 0 saturated heterocycles. The van der Waals surface area contributed by atoms with Crippen LogP contribution in [0, 0.1) is 17.8 Å². The third kappa shape index (κ3) is 3.98. The second-order valence-electron chi connectivity index (χ2n) is 9.55.